The van der Waals surface area contributed by atoms with Crippen molar-refractivity contribution in [3.05, 3.63) is 33.4 Å². The van der Waals surface area contributed by atoms with E-state index >= 15 is 0 Å². The van der Waals surface area contributed by atoms with E-state index in [9.17, 15) is 14.7 Å². The minimum Gasteiger partial charge on any atom is -0.461 e. The molecule has 1 aromatic rings. The number of aliphatic hydroxyl groups is 1. The van der Waals surface area contributed by atoms with Crippen molar-refractivity contribution in [1.29, 1.82) is 0 Å². The standard InChI is InChI=1S/C18H20O6/c1-4-9-7-5-10-13-17(2,8(7)6-11(19)22-9)15-12(24-15)14(20)18(13,3)16(21)23-10/h6,10,12-15,20H,4-5H2,1-3H3/t10?,12?,13?,14?,15?,17?,18-/m1/s1. The highest BCUT2D eigenvalue weighted by atomic mass is 16.6. The molecule has 3 fully saturated rings. The molecular weight excluding hydrogens is 312 g/mol. The van der Waals surface area contributed by atoms with Crippen LogP contribution in [0.25, 0.3) is 0 Å². The second-order valence-corrected chi connectivity index (χ2v) is 7.89. The van der Waals surface area contributed by atoms with Crippen molar-refractivity contribution in [2.45, 2.75) is 63.4 Å². The van der Waals surface area contributed by atoms with Gasteiger partial charge in [0.2, 0.25) is 0 Å². The maximum absolute atomic E-state index is 12.6. The molecule has 0 bridgehead atoms. The summed E-state index contributed by atoms with van der Waals surface area (Å²) in [7, 11) is 0. The van der Waals surface area contributed by atoms with Crippen LogP contribution in [0.15, 0.2) is 15.3 Å². The molecule has 7 atom stereocenters. The molecule has 2 saturated heterocycles. The second kappa shape index (κ2) is 4.11. The Morgan fingerprint density at radius 2 is 2.04 bits per heavy atom. The lowest BCUT2D eigenvalue weighted by molar-refractivity contribution is -0.154. The molecule has 0 aromatic carbocycles. The number of esters is 1. The summed E-state index contributed by atoms with van der Waals surface area (Å²) in [5.74, 6) is 0.0794. The van der Waals surface area contributed by atoms with E-state index in [0.29, 0.717) is 18.6 Å². The Morgan fingerprint density at radius 1 is 1.29 bits per heavy atom. The first kappa shape index (κ1) is 14.7. The van der Waals surface area contributed by atoms with Crippen LogP contribution in [0.3, 0.4) is 0 Å². The van der Waals surface area contributed by atoms with Gasteiger partial charge in [-0.1, -0.05) is 13.8 Å². The largest absolute Gasteiger partial charge is 0.461 e. The minimum absolute atomic E-state index is 0.201. The molecule has 6 nitrogen and oxygen atoms in total. The quantitative estimate of drug-likeness (QED) is 0.602. The molecule has 0 spiro atoms. The third-order valence-corrected chi connectivity index (χ3v) is 6.86. The van der Waals surface area contributed by atoms with Gasteiger partial charge in [0.05, 0.1) is 12.2 Å². The zero-order valence-corrected chi connectivity index (χ0v) is 13.9. The summed E-state index contributed by atoms with van der Waals surface area (Å²) in [6.07, 6.45) is -0.648. The maximum Gasteiger partial charge on any atom is 0.336 e. The maximum atomic E-state index is 12.6. The van der Waals surface area contributed by atoms with E-state index in [-0.39, 0.29) is 35.8 Å². The van der Waals surface area contributed by atoms with Crippen LogP contribution in [0, 0.1) is 11.3 Å². The van der Waals surface area contributed by atoms with E-state index in [4.69, 9.17) is 13.9 Å². The highest BCUT2D eigenvalue weighted by Gasteiger charge is 2.78. The van der Waals surface area contributed by atoms with Gasteiger partial charge >= 0.3 is 11.6 Å². The summed E-state index contributed by atoms with van der Waals surface area (Å²) < 4.78 is 16.9. The average molecular weight is 332 g/mol. The van der Waals surface area contributed by atoms with Crippen molar-refractivity contribution >= 4 is 5.97 Å². The van der Waals surface area contributed by atoms with Gasteiger partial charge in [-0.2, -0.15) is 0 Å². The van der Waals surface area contributed by atoms with Crippen LogP contribution in [-0.4, -0.2) is 35.5 Å². The molecule has 6 heteroatoms. The molecule has 1 saturated carbocycles. The normalized spacial score (nSPS) is 47.5. The number of fused-ring (bicyclic) bond motifs is 4. The van der Waals surface area contributed by atoms with Gasteiger partial charge in [0, 0.05) is 30.2 Å². The minimum atomic E-state index is -1.00. The SMILES string of the molecule is CCc1oc(=O)cc2c1CC1OC(=O)[C@@]3(C)C(O)C4OC4C2(C)C13. The van der Waals surface area contributed by atoms with Crippen molar-refractivity contribution < 1.29 is 23.8 Å². The molecule has 5 rings (SSSR count). The predicted octanol–water partition coefficient (Wildman–Crippen LogP) is 0.706. The Bertz CT molecular complexity index is 827. The number of epoxide rings is 1. The highest BCUT2D eigenvalue weighted by molar-refractivity contribution is 5.82. The van der Waals surface area contributed by atoms with Gasteiger partial charge in [0.1, 0.15) is 23.4 Å². The van der Waals surface area contributed by atoms with Crippen molar-refractivity contribution in [3.8, 4) is 0 Å². The van der Waals surface area contributed by atoms with E-state index in [1.807, 2.05) is 13.8 Å². The molecule has 3 heterocycles. The Morgan fingerprint density at radius 3 is 2.75 bits per heavy atom. The average Bonchev–Trinajstić information content (AvgIpc) is 3.29. The summed E-state index contributed by atoms with van der Waals surface area (Å²) in [5, 5.41) is 10.7. The van der Waals surface area contributed by atoms with Crippen LogP contribution >= 0.6 is 0 Å². The molecule has 1 N–H and O–H groups in total. The first-order valence-electron chi connectivity index (χ1n) is 8.54. The number of carbonyl (C=O) groups is 1. The topological polar surface area (TPSA) is 89.3 Å². The zero-order valence-electron chi connectivity index (χ0n) is 13.9. The fraction of sp³-hybridized carbons (Fsp3) is 0.667. The van der Waals surface area contributed by atoms with Crippen LogP contribution in [0.1, 0.15) is 37.7 Å². The molecular formula is C18H20O6. The van der Waals surface area contributed by atoms with Gasteiger partial charge in [0.15, 0.2) is 0 Å². The Labute approximate surface area is 138 Å². The van der Waals surface area contributed by atoms with Crippen molar-refractivity contribution in [2.24, 2.45) is 11.3 Å². The molecule has 128 valence electrons. The lowest BCUT2D eigenvalue weighted by Crippen LogP contribution is -2.62. The van der Waals surface area contributed by atoms with Crippen molar-refractivity contribution in [1.82, 2.24) is 0 Å². The van der Waals surface area contributed by atoms with E-state index in [0.717, 1.165) is 11.1 Å². The summed E-state index contributed by atoms with van der Waals surface area (Å²) in [6.45, 7) is 5.76. The van der Waals surface area contributed by atoms with Crippen LogP contribution in [0.5, 0.6) is 0 Å². The van der Waals surface area contributed by atoms with Crippen molar-refractivity contribution in [3.63, 3.8) is 0 Å². The fourth-order valence-corrected chi connectivity index (χ4v) is 5.76. The monoisotopic (exact) mass is 332 g/mol. The van der Waals surface area contributed by atoms with Gasteiger partial charge in [-0.15, -0.1) is 0 Å². The molecule has 0 radical (unpaired) electrons. The van der Waals surface area contributed by atoms with E-state index in [1.165, 1.54) is 0 Å². The van der Waals surface area contributed by atoms with Crippen LogP contribution in [0.4, 0.5) is 0 Å². The predicted molar refractivity (Wildman–Crippen MR) is 81.6 cm³/mol. The van der Waals surface area contributed by atoms with Crippen LogP contribution in [-0.2, 0) is 32.5 Å². The molecule has 1 aromatic heterocycles. The highest BCUT2D eigenvalue weighted by Crippen LogP contribution is 2.66. The smallest absolute Gasteiger partial charge is 0.336 e. The molecule has 2 aliphatic carbocycles. The number of hydrogen-bond acceptors (Lipinski definition) is 6. The lowest BCUT2D eigenvalue weighted by Gasteiger charge is -2.50. The van der Waals surface area contributed by atoms with E-state index < -0.39 is 16.9 Å². The Hall–Kier alpha value is -1.66. The Balaban J connectivity index is 1.81. The molecule has 2 aliphatic heterocycles. The molecule has 4 aliphatic rings. The number of carbonyl (C=O) groups excluding carboxylic acids is 1. The second-order valence-electron chi connectivity index (χ2n) is 7.89. The van der Waals surface area contributed by atoms with E-state index in [2.05, 4.69) is 0 Å². The van der Waals surface area contributed by atoms with Gasteiger partial charge in [-0.05, 0) is 18.1 Å². The third-order valence-electron chi connectivity index (χ3n) is 6.86. The summed E-state index contributed by atoms with van der Waals surface area (Å²) >= 11 is 0. The van der Waals surface area contributed by atoms with Crippen LogP contribution < -0.4 is 5.63 Å². The number of aliphatic hydroxyl groups excluding tert-OH is 1. The molecule has 24 heavy (non-hydrogen) atoms. The number of rotatable bonds is 1. The zero-order chi connectivity index (χ0) is 17.0. The molecule has 6 unspecified atom stereocenters. The lowest BCUT2D eigenvalue weighted by atomic mass is 9.49. The third kappa shape index (κ3) is 1.38. The summed E-state index contributed by atoms with van der Waals surface area (Å²) in [4.78, 5) is 24.7. The van der Waals surface area contributed by atoms with Gasteiger partial charge in [0.25, 0.3) is 0 Å². The van der Waals surface area contributed by atoms with Crippen LogP contribution in [0.2, 0.25) is 0 Å². The van der Waals surface area contributed by atoms with Gasteiger partial charge in [-0.3, -0.25) is 4.79 Å². The van der Waals surface area contributed by atoms with E-state index in [1.54, 1.807) is 13.0 Å². The summed E-state index contributed by atoms with van der Waals surface area (Å²) in [5.41, 5.74) is -0.0510. The molecule has 0 amide bonds. The summed E-state index contributed by atoms with van der Waals surface area (Å²) in [6, 6.07) is 1.55. The first-order chi connectivity index (χ1) is 11.3. The number of aryl methyl sites for hydroxylation is 1. The van der Waals surface area contributed by atoms with Gasteiger partial charge < -0.3 is 19.0 Å². The van der Waals surface area contributed by atoms with Gasteiger partial charge in [-0.25, -0.2) is 4.79 Å². The Kier molecular flexibility index (Phi) is 2.51. The number of ether oxygens (including phenoxy) is 2. The van der Waals surface area contributed by atoms with Crippen molar-refractivity contribution in [2.75, 3.05) is 0 Å². The number of hydrogen-bond donors (Lipinski definition) is 1. The fourth-order valence-electron chi connectivity index (χ4n) is 5.76. The first-order valence-corrected chi connectivity index (χ1v) is 8.54.